The third-order valence-electron chi connectivity index (χ3n) is 10.2. The van der Waals surface area contributed by atoms with Crippen LogP contribution in [0.2, 0.25) is 0 Å². The summed E-state index contributed by atoms with van der Waals surface area (Å²) in [5.41, 5.74) is 5.27. The molecular weight excluding hydrogens is 551 g/mol. The molecule has 6 aromatic rings. The number of hydrogen-bond acceptors (Lipinski definition) is 2. The van der Waals surface area contributed by atoms with E-state index in [0.717, 1.165) is 11.0 Å². The zero-order valence-electron chi connectivity index (χ0n) is 25.7. The van der Waals surface area contributed by atoms with Gasteiger partial charge in [-0.3, -0.25) is 0 Å². The molecule has 214 valence electrons. The predicted molar refractivity (Wildman–Crippen MR) is 188 cm³/mol. The first-order valence-electron chi connectivity index (χ1n) is 15.5. The van der Waals surface area contributed by atoms with Gasteiger partial charge < -0.3 is 9.31 Å². The monoisotopic (exact) mass is 586 g/mol. The Morgan fingerprint density at radius 3 is 1.89 bits per heavy atom. The Morgan fingerprint density at radius 2 is 1.09 bits per heavy atom. The van der Waals surface area contributed by atoms with Crippen LogP contribution >= 0.6 is 0 Å². The topological polar surface area (TPSA) is 18.5 Å². The highest BCUT2D eigenvalue weighted by Gasteiger charge is 2.53. The summed E-state index contributed by atoms with van der Waals surface area (Å²) in [6, 6.07) is 51.8. The predicted octanol–water partition coefficient (Wildman–Crippen LogP) is 6.16. The van der Waals surface area contributed by atoms with Gasteiger partial charge in [-0.2, -0.15) is 0 Å². The van der Waals surface area contributed by atoms with Gasteiger partial charge in [-0.1, -0.05) is 140 Å². The van der Waals surface area contributed by atoms with Gasteiger partial charge in [-0.15, -0.1) is 0 Å². The van der Waals surface area contributed by atoms with Crippen molar-refractivity contribution in [3.63, 3.8) is 0 Å². The molecule has 1 unspecified atom stereocenters. The first kappa shape index (κ1) is 27.3. The average Bonchev–Trinajstić information content (AvgIpc) is 3.47. The number of fused-ring (bicyclic) bond motifs is 4. The SMILES string of the molecule is CC1(C)OB(c2ccccc2-c2ccc3c(c2)[Si](c2ccccc2)(c2cccc4ccccc24)c2ccccc2-3)OC1(C)C. The quantitative estimate of drug-likeness (QED) is 0.230. The summed E-state index contributed by atoms with van der Waals surface area (Å²) < 4.78 is 13.1. The van der Waals surface area contributed by atoms with Crippen molar-refractivity contribution >= 4 is 52.2 Å². The fourth-order valence-corrected chi connectivity index (χ4v) is 12.8. The third-order valence-corrected chi connectivity index (χ3v) is 15.1. The summed E-state index contributed by atoms with van der Waals surface area (Å²) in [5, 5.41) is 8.33. The second-order valence-corrected chi connectivity index (χ2v) is 16.8. The van der Waals surface area contributed by atoms with E-state index in [2.05, 4.69) is 167 Å². The Labute approximate surface area is 261 Å². The molecular formula is C40H35BO2Si. The summed E-state index contributed by atoms with van der Waals surface area (Å²) in [6.07, 6.45) is 0. The zero-order chi connectivity index (χ0) is 30.1. The van der Waals surface area contributed by atoms with Gasteiger partial charge in [0, 0.05) is 0 Å². The van der Waals surface area contributed by atoms with Gasteiger partial charge >= 0.3 is 7.12 Å². The lowest BCUT2D eigenvalue weighted by molar-refractivity contribution is 0.00578. The van der Waals surface area contributed by atoms with Crippen molar-refractivity contribution in [2.24, 2.45) is 0 Å². The molecule has 0 radical (unpaired) electrons. The molecule has 2 aliphatic rings. The van der Waals surface area contributed by atoms with E-state index in [-0.39, 0.29) is 0 Å². The van der Waals surface area contributed by atoms with Crippen LogP contribution in [0.25, 0.3) is 33.0 Å². The van der Waals surface area contributed by atoms with Crippen LogP contribution in [0.15, 0.2) is 140 Å². The van der Waals surface area contributed by atoms with Crippen molar-refractivity contribution in [2.75, 3.05) is 0 Å². The molecule has 8 rings (SSSR count). The highest BCUT2D eigenvalue weighted by atomic mass is 28.3. The van der Waals surface area contributed by atoms with Crippen LogP contribution in [0, 0.1) is 0 Å². The van der Waals surface area contributed by atoms with Crippen molar-refractivity contribution in [1.82, 2.24) is 0 Å². The summed E-state index contributed by atoms with van der Waals surface area (Å²) in [6.45, 7) is 8.47. The van der Waals surface area contributed by atoms with E-state index >= 15 is 0 Å². The van der Waals surface area contributed by atoms with E-state index < -0.39 is 26.4 Å². The van der Waals surface area contributed by atoms with Gasteiger partial charge in [0.25, 0.3) is 0 Å². The molecule has 6 aromatic carbocycles. The normalized spacial score (nSPS) is 19.6. The van der Waals surface area contributed by atoms with E-state index in [1.807, 2.05) is 0 Å². The van der Waals surface area contributed by atoms with Crippen LogP contribution in [0.4, 0.5) is 0 Å². The van der Waals surface area contributed by atoms with Crippen molar-refractivity contribution in [2.45, 2.75) is 38.9 Å². The molecule has 1 atom stereocenters. The van der Waals surface area contributed by atoms with E-state index in [9.17, 15) is 0 Å². The molecule has 1 fully saturated rings. The minimum Gasteiger partial charge on any atom is -0.399 e. The Hall–Kier alpha value is -4.22. The maximum atomic E-state index is 6.57. The fourth-order valence-electron chi connectivity index (χ4n) is 7.38. The van der Waals surface area contributed by atoms with E-state index in [1.165, 1.54) is 48.2 Å². The molecule has 0 bridgehead atoms. The third kappa shape index (κ3) is 3.88. The summed E-state index contributed by atoms with van der Waals surface area (Å²) in [4.78, 5) is 0. The van der Waals surface area contributed by atoms with Gasteiger partial charge in [0.1, 0.15) is 0 Å². The lowest BCUT2D eigenvalue weighted by Crippen LogP contribution is -2.73. The van der Waals surface area contributed by atoms with Crippen LogP contribution in [-0.2, 0) is 9.31 Å². The molecule has 2 aliphatic heterocycles. The minimum atomic E-state index is -2.71. The van der Waals surface area contributed by atoms with Crippen molar-refractivity contribution in [1.29, 1.82) is 0 Å². The van der Waals surface area contributed by atoms with E-state index in [0.29, 0.717) is 0 Å². The van der Waals surface area contributed by atoms with E-state index in [1.54, 1.807) is 0 Å². The standard InChI is InChI=1S/C40H35BO2Si/c1-39(2)40(3,4)43-41(42-39)35-22-12-10-19-31(35)29-25-26-34-33-21-11-13-23-37(33)44(38(34)27-29,30-17-6-5-7-18-30)36-24-14-16-28-15-8-9-20-32(28)36/h5-27H,1-4H3. The van der Waals surface area contributed by atoms with Gasteiger partial charge in [0.2, 0.25) is 0 Å². The maximum Gasteiger partial charge on any atom is 0.495 e. The Bertz CT molecular complexity index is 2030. The van der Waals surface area contributed by atoms with Gasteiger partial charge in [-0.05, 0) is 86.9 Å². The highest BCUT2D eigenvalue weighted by Crippen LogP contribution is 2.38. The van der Waals surface area contributed by atoms with E-state index in [4.69, 9.17) is 9.31 Å². The molecule has 0 aromatic heterocycles. The zero-order valence-corrected chi connectivity index (χ0v) is 26.7. The second kappa shape index (κ2) is 9.90. The number of hydrogen-bond donors (Lipinski definition) is 0. The van der Waals surface area contributed by atoms with Gasteiger partial charge in [0.05, 0.1) is 11.2 Å². The number of benzene rings is 6. The Kier molecular flexibility index (Phi) is 6.15. The lowest BCUT2D eigenvalue weighted by atomic mass is 9.74. The molecule has 4 heteroatoms. The highest BCUT2D eigenvalue weighted by molar-refractivity contribution is 7.23. The van der Waals surface area contributed by atoms with Crippen LogP contribution in [-0.4, -0.2) is 26.4 Å². The minimum absolute atomic E-state index is 0.409. The van der Waals surface area contributed by atoms with Crippen LogP contribution < -0.4 is 26.2 Å². The maximum absolute atomic E-state index is 6.57. The summed E-state index contributed by atoms with van der Waals surface area (Å²) in [7, 11) is -3.15. The summed E-state index contributed by atoms with van der Waals surface area (Å²) >= 11 is 0. The molecule has 44 heavy (non-hydrogen) atoms. The molecule has 0 N–H and O–H groups in total. The van der Waals surface area contributed by atoms with Gasteiger partial charge in [0.15, 0.2) is 8.07 Å². The second-order valence-electron chi connectivity index (χ2n) is 13.1. The molecule has 0 aliphatic carbocycles. The average molecular weight is 587 g/mol. The Balaban J connectivity index is 1.42. The van der Waals surface area contributed by atoms with Gasteiger partial charge in [-0.25, -0.2) is 0 Å². The van der Waals surface area contributed by atoms with Crippen LogP contribution in [0.1, 0.15) is 27.7 Å². The first-order valence-corrected chi connectivity index (χ1v) is 17.5. The lowest BCUT2D eigenvalue weighted by Gasteiger charge is -2.32. The van der Waals surface area contributed by atoms with Crippen LogP contribution in [0.3, 0.4) is 0 Å². The molecule has 1 saturated heterocycles. The largest absolute Gasteiger partial charge is 0.495 e. The van der Waals surface area contributed by atoms with Crippen molar-refractivity contribution in [3.05, 3.63) is 140 Å². The molecule has 0 amide bonds. The van der Waals surface area contributed by atoms with Crippen molar-refractivity contribution < 1.29 is 9.31 Å². The Morgan fingerprint density at radius 1 is 0.500 bits per heavy atom. The smallest absolute Gasteiger partial charge is 0.399 e. The molecule has 0 spiro atoms. The van der Waals surface area contributed by atoms with Crippen LogP contribution in [0.5, 0.6) is 0 Å². The fraction of sp³-hybridized carbons (Fsp3) is 0.150. The molecule has 2 nitrogen and oxygen atoms in total. The molecule has 0 saturated carbocycles. The summed E-state index contributed by atoms with van der Waals surface area (Å²) in [5.74, 6) is 0. The van der Waals surface area contributed by atoms with Crippen molar-refractivity contribution in [3.8, 4) is 22.3 Å². The first-order chi connectivity index (χ1) is 21.3. The molecule has 2 heterocycles. The number of rotatable bonds is 4.